The number of nitro benzene ring substituents is 1. The summed E-state index contributed by atoms with van der Waals surface area (Å²) in [6.07, 6.45) is 0. The fraction of sp³-hybridized carbons (Fsp3) is 0. The van der Waals surface area contributed by atoms with Crippen molar-refractivity contribution in [1.29, 1.82) is 0 Å². The highest BCUT2D eigenvalue weighted by Gasteiger charge is 2.19. The molecule has 0 aliphatic rings. The topological polar surface area (TPSA) is 43.1 Å². The van der Waals surface area contributed by atoms with Crippen LogP contribution in [0.4, 0.5) is 5.69 Å². The first-order chi connectivity index (χ1) is 14.7. The van der Waals surface area contributed by atoms with Crippen molar-refractivity contribution in [3.8, 4) is 11.1 Å². The number of nitrogens with zero attached hydrogens (tertiary/aromatic N) is 1. The van der Waals surface area contributed by atoms with Gasteiger partial charge in [0, 0.05) is 26.2 Å². The second-order valence-corrected chi connectivity index (χ2v) is 8.49. The van der Waals surface area contributed by atoms with Crippen molar-refractivity contribution in [3.05, 3.63) is 101 Å². The average molecular weight is 405 g/mol. The monoisotopic (exact) mass is 405 g/mol. The molecule has 6 rings (SSSR count). The molecule has 3 nitrogen and oxygen atoms in total. The van der Waals surface area contributed by atoms with Gasteiger partial charge in [-0.05, 0) is 45.3 Å². The zero-order chi connectivity index (χ0) is 20.2. The number of benzene rings is 5. The van der Waals surface area contributed by atoms with Crippen molar-refractivity contribution in [2.24, 2.45) is 0 Å². The molecule has 0 amide bonds. The van der Waals surface area contributed by atoms with Crippen LogP contribution in [-0.4, -0.2) is 4.92 Å². The van der Waals surface area contributed by atoms with E-state index in [-0.39, 0.29) is 10.6 Å². The largest absolute Gasteiger partial charge is 0.277 e. The van der Waals surface area contributed by atoms with E-state index in [4.69, 9.17) is 0 Å². The van der Waals surface area contributed by atoms with Gasteiger partial charge in [0.15, 0.2) is 0 Å². The summed E-state index contributed by atoms with van der Waals surface area (Å²) < 4.78 is 2.37. The fourth-order valence-electron chi connectivity index (χ4n) is 4.42. The number of thiophene rings is 1. The maximum absolute atomic E-state index is 11.8. The highest BCUT2D eigenvalue weighted by molar-refractivity contribution is 7.26. The smallest absolute Gasteiger partial charge is 0.258 e. The average Bonchev–Trinajstić information content (AvgIpc) is 3.16. The zero-order valence-electron chi connectivity index (χ0n) is 15.8. The van der Waals surface area contributed by atoms with Gasteiger partial charge in [0.1, 0.15) is 0 Å². The predicted octanol–water partition coefficient (Wildman–Crippen LogP) is 7.94. The lowest BCUT2D eigenvalue weighted by Gasteiger charge is -2.08. The Morgan fingerprint density at radius 3 is 2.17 bits per heavy atom. The van der Waals surface area contributed by atoms with Gasteiger partial charge in [-0.2, -0.15) is 0 Å². The highest BCUT2D eigenvalue weighted by Crippen LogP contribution is 2.43. The van der Waals surface area contributed by atoms with Crippen LogP contribution < -0.4 is 0 Å². The molecule has 0 radical (unpaired) electrons. The third-order valence-corrected chi connectivity index (χ3v) is 6.87. The summed E-state index contributed by atoms with van der Waals surface area (Å²) in [6, 6.07) is 30.2. The van der Waals surface area contributed by atoms with E-state index >= 15 is 0 Å². The van der Waals surface area contributed by atoms with Crippen LogP contribution in [0.5, 0.6) is 0 Å². The Morgan fingerprint density at radius 1 is 0.667 bits per heavy atom. The summed E-state index contributed by atoms with van der Waals surface area (Å²) in [4.78, 5) is 11.5. The Balaban J connectivity index is 1.69. The summed E-state index contributed by atoms with van der Waals surface area (Å²) in [6.45, 7) is 0. The number of hydrogen-bond donors (Lipinski definition) is 0. The SMILES string of the molecule is O=[N+]([O-])c1ccc2ccccc2c1-c1ccc2c(c1)sc1ccc3ccccc3c12. The Kier molecular flexibility index (Phi) is 3.64. The van der Waals surface area contributed by atoms with Crippen molar-refractivity contribution in [2.45, 2.75) is 0 Å². The standard InChI is InChI=1S/C26H15NO2S/c28-27(29)22-13-10-16-5-1-3-7-19(16)25(22)18-9-12-21-24(15-18)30-23-14-11-17-6-2-4-8-20(17)26(21)23/h1-15H. The Hall–Kier alpha value is -3.76. The van der Waals surface area contributed by atoms with Gasteiger partial charge in [0.25, 0.3) is 5.69 Å². The molecular formula is C26H15NO2S. The van der Waals surface area contributed by atoms with Gasteiger partial charge < -0.3 is 0 Å². The second-order valence-electron chi connectivity index (χ2n) is 7.41. The molecule has 1 aromatic heterocycles. The molecule has 30 heavy (non-hydrogen) atoms. The van der Waals surface area contributed by atoms with Crippen LogP contribution in [0.3, 0.4) is 0 Å². The van der Waals surface area contributed by atoms with Gasteiger partial charge in [-0.3, -0.25) is 10.1 Å². The van der Waals surface area contributed by atoms with Crippen LogP contribution in [0, 0.1) is 10.1 Å². The van der Waals surface area contributed by atoms with Crippen molar-refractivity contribution < 1.29 is 4.92 Å². The normalized spacial score (nSPS) is 11.6. The quantitative estimate of drug-likeness (QED) is 0.217. The molecule has 0 aliphatic heterocycles. The van der Waals surface area contributed by atoms with E-state index in [1.54, 1.807) is 17.4 Å². The van der Waals surface area contributed by atoms with E-state index in [2.05, 4.69) is 48.5 Å². The van der Waals surface area contributed by atoms with Crippen LogP contribution in [0.15, 0.2) is 91.0 Å². The minimum Gasteiger partial charge on any atom is -0.258 e. The summed E-state index contributed by atoms with van der Waals surface area (Å²) in [7, 11) is 0. The molecular weight excluding hydrogens is 390 g/mol. The van der Waals surface area contributed by atoms with Gasteiger partial charge in [-0.1, -0.05) is 66.7 Å². The first-order valence-corrected chi connectivity index (χ1v) is 10.5. The molecule has 0 N–H and O–H groups in total. The fourth-order valence-corrected chi connectivity index (χ4v) is 5.58. The lowest BCUT2D eigenvalue weighted by atomic mass is 9.95. The Morgan fingerprint density at radius 2 is 1.37 bits per heavy atom. The van der Waals surface area contributed by atoms with Crippen LogP contribution in [-0.2, 0) is 0 Å². The lowest BCUT2D eigenvalue weighted by Crippen LogP contribution is -1.93. The molecule has 0 atom stereocenters. The van der Waals surface area contributed by atoms with Gasteiger partial charge in [0.2, 0.25) is 0 Å². The molecule has 5 aromatic carbocycles. The first-order valence-electron chi connectivity index (χ1n) is 9.71. The van der Waals surface area contributed by atoms with Gasteiger partial charge in [-0.25, -0.2) is 0 Å². The van der Waals surface area contributed by atoms with Crippen LogP contribution in [0.1, 0.15) is 0 Å². The van der Waals surface area contributed by atoms with Gasteiger partial charge >= 0.3 is 0 Å². The van der Waals surface area contributed by atoms with Crippen molar-refractivity contribution in [3.63, 3.8) is 0 Å². The minimum atomic E-state index is -0.287. The maximum Gasteiger partial charge on any atom is 0.277 e. The number of rotatable bonds is 2. The van der Waals surface area contributed by atoms with E-state index in [9.17, 15) is 10.1 Å². The predicted molar refractivity (Wildman–Crippen MR) is 126 cm³/mol. The van der Waals surface area contributed by atoms with Gasteiger partial charge in [-0.15, -0.1) is 11.3 Å². The number of nitro groups is 1. The van der Waals surface area contributed by atoms with E-state index in [0.717, 1.165) is 21.0 Å². The third kappa shape index (κ3) is 2.44. The lowest BCUT2D eigenvalue weighted by molar-refractivity contribution is -0.384. The molecule has 0 spiro atoms. The van der Waals surface area contributed by atoms with E-state index in [0.29, 0.717) is 5.56 Å². The van der Waals surface area contributed by atoms with Crippen LogP contribution in [0.25, 0.3) is 52.8 Å². The van der Waals surface area contributed by atoms with Gasteiger partial charge in [0.05, 0.1) is 10.5 Å². The minimum absolute atomic E-state index is 0.139. The first kappa shape index (κ1) is 17.1. The van der Waals surface area contributed by atoms with E-state index in [1.807, 2.05) is 36.4 Å². The molecule has 0 unspecified atom stereocenters. The molecule has 0 saturated carbocycles. The van der Waals surface area contributed by atoms with Crippen LogP contribution >= 0.6 is 11.3 Å². The van der Waals surface area contributed by atoms with Crippen molar-refractivity contribution >= 4 is 58.7 Å². The second kappa shape index (κ2) is 6.37. The summed E-state index contributed by atoms with van der Waals surface area (Å²) >= 11 is 1.74. The number of hydrogen-bond acceptors (Lipinski definition) is 3. The highest BCUT2D eigenvalue weighted by atomic mass is 32.1. The van der Waals surface area contributed by atoms with Crippen molar-refractivity contribution in [2.75, 3.05) is 0 Å². The molecule has 0 saturated heterocycles. The Labute approximate surface area is 176 Å². The molecule has 4 heteroatoms. The molecule has 1 heterocycles. The van der Waals surface area contributed by atoms with Crippen LogP contribution in [0.2, 0.25) is 0 Å². The van der Waals surface area contributed by atoms with E-state index < -0.39 is 0 Å². The van der Waals surface area contributed by atoms with Crippen molar-refractivity contribution in [1.82, 2.24) is 0 Å². The summed E-state index contributed by atoms with van der Waals surface area (Å²) in [5, 5.41) is 18.6. The molecule has 142 valence electrons. The van der Waals surface area contributed by atoms with E-state index in [1.165, 1.54) is 26.2 Å². The molecule has 0 fully saturated rings. The molecule has 0 aliphatic carbocycles. The third-order valence-electron chi connectivity index (χ3n) is 5.75. The summed E-state index contributed by atoms with van der Waals surface area (Å²) in [5.74, 6) is 0. The number of fused-ring (bicyclic) bond motifs is 6. The summed E-state index contributed by atoms with van der Waals surface area (Å²) in [5.41, 5.74) is 1.70. The molecule has 0 bridgehead atoms. The zero-order valence-corrected chi connectivity index (χ0v) is 16.6. The maximum atomic E-state index is 11.8. The molecule has 6 aromatic rings. The Bertz CT molecular complexity index is 1630.